The molecule has 1 atom stereocenters. The van der Waals surface area contributed by atoms with E-state index in [0.29, 0.717) is 6.61 Å². The first kappa shape index (κ1) is 13.0. The van der Waals surface area contributed by atoms with Gasteiger partial charge in [0, 0.05) is 6.04 Å². The van der Waals surface area contributed by atoms with Crippen LogP contribution in [-0.4, -0.2) is 12.6 Å². The van der Waals surface area contributed by atoms with E-state index in [1.807, 2.05) is 31.2 Å². The molecule has 74 valence electrons. The van der Waals surface area contributed by atoms with Crippen molar-refractivity contribution in [2.45, 2.75) is 13.0 Å². The molecule has 0 saturated carbocycles. The molecule has 0 radical (unpaired) electrons. The van der Waals surface area contributed by atoms with Gasteiger partial charge in [-0.3, -0.25) is 0 Å². The quantitative estimate of drug-likeness (QED) is 0.870. The average molecular weight is 314 g/mol. The third kappa shape index (κ3) is 4.69. The summed E-state index contributed by atoms with van der Waals surface area (Å²) in [6.45, 7) is 2.50. The minimum atomic E-state index is 0. The summed E-state index contributed by atoms with van der Waals surface area (Å²) in [5.74, 6) is 0.912. The minimum absolute atomic E-state index is 0. The molecule has 0 aromatic heterocycles. The van der Waals surface area contributed by atoms with E-state index in [1.54, 1.807) is 0 Å². The monoisotopic (exact) mass is 313 g/mol. The maximum absolute atomic E-state index is 5.56. The molecular formula is C9H13ClINO. The van der Waals surface area contributed by atoms with Gasteiger partial charge < -0.3 is 10.5 Å². The van der Waals surface area contributed by atoms with E-state index >= 15 is 0 Å². The fraction of sp³-hybridized carbons (Fsp3) is 0.333. The van der Waals surface area contributed by atoms with Crippen molar-refractivity contribution in [3.05, 3.63) is 27.8 Å². The van der Waals surface area contributed by atoms with Gasteiger partial charge >= 0.3 is 0 Å². The fourth-order valence-electron chi connectivity index (χ4n) is 0.783. The number of benzene rings is 1. The Balaban J connectivity index is 0.00000144. The lowest BCUT2D eigenvalue weighted by Gasteiger charge is -2.09. The number of hydrogen-bond donors (Lipinski definition) is 1. The van der Waals surface area contributed by atoms with Crippen molar-refractivity contribution < 1.29 is 4.74 Å². The second-order valence-electron chi connectivity index (χ2n) is 2.72. The molecule has 0 aliphatic heterocycles. The predicted octanol–water partition coefficient (Wildman–Crippen LogP) is 2.44. The summed E-state index contributed by atoms with van der Waals surface area (Å²) in [6, 6.07) is 7.99. The zero-order chi connectivity index (χ0) is 8.97. The zero-order valence-electron chi connectivity index (χ0n) is 7.37. The Morgan fingerprint density at radius 2 is 2.08 bits per heavy atom. The topological polar surface area (TPSA) is 35.2 Å². The Morgan fingerprint density at radius 1 is 1.46 bits per heavy atom. The highest BCUT2D eigenvalue weighted by molar-refractivity contribution is 14.1. The van der Waals surface area contributed by atoms with Crippen LogP contribution in [0.1, 0.15) is 6.92 Å². The Kier molecular flexibility index (Phi) is 6.45. The van der Waals surface area contributed by atoms with Crippen LogP contribution in [0.2, 0.25) is 0 Å². The molecule has 0 fully saturated rings. The molecular weight excluding hydrogens is 300 g/mol. The smallest absolute Gasteiger partial charge is 0.132 e. The highest BCUT2D eigenvalue weighted by Gasteiger charge is 1.99. The number of nitrogens with two attached hydrogens (primary N) is 1. The largest absolute Gasteiger partial charge is 0.491 e. The lowest BCUT2D eigenvalue weighted by Crippen LogP contribution is -2.23. The Bertz CT molecular complexity index is 255. The Hall–Kier alpha value is -0.0000000000000000555. The molecule has 1 rings (SSSR count). The molecule has 1 unspecified atom stereocenters. The summed E-state index contributed by atoms with van der Waals surface area (Å²) >= 11 is 2.24. The van der Waals surface area contributed by atoms with Crippen molar-refractivity contribution in [2.24, 2.45) is 5.73 Å². The van der Waals surface area contributed by atoms with Crippen LogP contribution in [-0.2, 0) is 0 Å². The van der Waals surface area contributed by atoms with Crippen molar-refractivity contribution >= 4 is 35.0 Å². The van der Waals surface area contributed by atoms with Gasteiger partial charge in [-0.15, -0.1) is 12.4 Å². The van der Waals surface area contributed by atoms with Crippen LogP contribution in [0.15, 0.2) is 24.3 Å². The molecule has 0 saturated heterocycles. The number of ether oxygens (including phenoxy) is 1. The molecule has 0 aliphatic rings. The van der Waals surface area contributed by atoms with E-state index in [1.165, 1.54) is 0 Å². The van der Waals surface area contributed by atoms with E-state index < -0.39 is 0 Å². The Morgan fingerprint density at radius 3 is 2.62 bits per heavy atom. The molecule has 0 heterocycles. The van der Waals surface area contributed by atoms with E-state index in [0.717, 1.165) is 9.32 Å². The molecule has 2 nitrogen and oxygen atoms in total. The van der Waals surface area contributed by atoms with Crippen LogP contribution in [0.3, 0.4) is 0 Å². The van der Waals surface area contributed by atoms with Gasteiger partial charge in [0.05, 0.1) is 3.57 Å². The highest BCUT2D eigenvalue weighted by Crippen LogP contribution is 2.19. The van der Waals surface area contributed by atoms with Crippen LogP contribution in [0.25, 0.3) is 0 Å². The van der Waals surface area contributed by atoms with Gasteiger partial charge in [0.25, 0.3) is 0 Å². The first-order valence-corrected chi connectivity index (χ1v) is 4.91. The van der Waals surface area contributed by atoms with Gasteiger partial charge in [-0.25, -0.2) is 0 Å². The van der Waals surface area contributed by atoms with Crippen LogP contribution >= 0.6 is 35.0 Å². The molecule has 0 spiro atoms. The SMILES string of the molecule is CC(N)COc1ccccc1I.Cl. The maximum Gasteiger partial charge on any atom is 0.132 e. The standard InChI is InChI=1S/C9H12INO.ClH/c1-7(11)6-12-9-5-3-2-4-8(9)10;/h2-5,7H,6,11H2,1H3;1H. The molecule has 2 N–H and O–H groups in total. The summed E-state index contributed by atoms with van der Waals surface area (Å²) < 4.78 is 6.59. The summed E-state index contributed by atoms with van der Waals surface area (Å²) in [7, 11) is 0. The zero-order valence-corrected chi connectivity index (χ0v) is 10.3. The third-order valence-electron chi connectivity index (χ3n) is 1.34. The fourth-order valence-corrected chi connectivity index (χ4v) is 1.33. The van der Waals surface area contributed by atoms with Crippen molar-refractivity contribution in [1.82, 2.24) is 0 Å². The van der Waals surface area contributed by atoms with Gasteiger partial charge in [0.15, 0.2) is 0 Å². The molecule has 1 aromatic carbocycles. The first-order valence-electron chi connectivity index (χ1n) is 3.83. The molecule has 0 amide bonds. The molecule has 1 aromatic rings. The summed E-state index contributed by atoms with van der Waals surface area (Å²) in [6.07, 6.45) is 0. The highest BCUT2D eigenvalue weighted by atomic mass is 127. The molecule has 0 bridgehead atoms. The van der Waals surface area contributed by atoms with Crippen LogP contribution in [0, 0.1) is 3.57 Å². The summed E-state index contributed by atoms with van der Waals surface area (Å²) in [5, 5.41) is 0. The van der Waals surface area contributed by atoms with E-state index in [2.05, 4.69) is 22.6 Å². The second-order valence-corrected chi connectivity index (χ2v) is 3.88. The van der Waals surface area contributed by atoms with Crippen LogP contribution in [0.4, 0.5) is 0 Å². The molecule has 13 heavy (non-hydrogen) atoms. The first-order chi connectivity index (χ1) is 5.70. The van der Waals surface area contributed by atoms with Gasteiger partial charge in [-0.2, -0.15) is 0 Å². The van der Waals surface area contributed by atoms with Crippen LogP contribution < -0.4 is 10.5 Å². The van der Waals surface area contributed by atoms with Gasteiger partial charge in [-0.05, 0) is 41.6 Å². The second kappa shape index (κ2) is 6.45. The molecule has 4 heteroatoms. The van der Waals surface area contributed by atoms with Gasteiger partial charge in [0.2, 0.25) is 0 Å². The lowest BCUT2D eigenvalue weighted by molar-refractivity contribution is 0.294. The lowest BCUT2D eigenvalue weighted by atomic mass is 10.3. The Labute approximate surface area is 98.4 Å². The van der Waals surface area contributed by atoms with Crippen molar-refractivity contribution in [3.63, 3.8) is 0 Å². The molecule has 0 aliphatic carbocycles. The van der Waals surface area contributed by atoms with Crippen molar-refractivity contribution in [3.8, 4) is 5.75 Å². The van der Waals surface area contributed by atoms with E-state index in [9.17, 15) is 0 Å². The number of hydrogen-bond acceptors (Lipinski definition) is 2. The average Bonchev–Trinajstić information content (AvgIpc) is 2.03. The van der Waals surface area contributed by atoms with Crippen molar-refractivity contribution in [1.29, 1.82) is 0 Å². The van der Waals surface area contributed by atoms with Crippen molar-refractivity contribution in [2.75, 3.05) is 6.61 Å². The minimum Gasteiger partial charge on any atom is -0.491 e. The van der Waals surface area contributed by atoms with Crippen LogP contribution in [0.5, 0.6) is 5.75 Å². The van der Waals surface area contributed by atoms with Gasteiger partial charge in [-0.1, -0.05) is 12.1 Å². The number of rotatable bonds is 3. The summed E-state index contributed by atoms with van der Waals surface area (Å²) in [4.78, 5) is 0. The van der Waals surface area contributed by atoms with Gasteiger partial charge in [0.1, 0.15) is 12.4 Å². The predicted molar refractivity (Wildman–Crippen MR) is 65.6 cm³/mol. The van der Waals surface area contributed by atoms with E-state index in [-0.39, 0.29) is 18.4 Å². The number of para-hydroxylation sites is 1. The van der Waals surface area contributed by atoms with E-state index in [4.69, 9.17) is 10.5 Å². The third-order valence-corrected chi connectivity index (χ3v) is 2.23. The normalized spacial score (nSPS) is 11.6. The number of halogens is 2. The summed E-state index contributed by atoms with van der Waals surface area (Å²) in [5.41, 5.74) is 5.56. The maximum atomic E-state index is 5.56.